The summed E-state index contributed by atoms with van der Waals surface area (Å²) in [6.07, 6.45) is 4.78. The Bertz CT molecular complexity index is 1500. The van der Waals surface area contributed by atoms with Gasteiger partial charge in [0.1, 0.15) is 11.3 Å². The molecule has 0 aliphatic rings. The second-order valence-electron chi connectivity index (χ2n) is 9.55. The van der Waals surface area contributed by atoms with Crippen molar-refractivity contribution in [3.8, 4) is 5.75 Å². The van der Waals surface area contributed by atoms with Gasteiger partial charge in [-0.1, -0.05) is 18.2 Å². The van der Waals surface area contributed by atoms with E-state index in [1.165, 1.54) is 12.2 Å². The van der Waals surface area contributed by atoms with E-state index in [0.29, 0.717) is 30.8 Å². The van der Waals surface area contributed by atoms with Crippen molar-refractivity contribution in [3.63, 3.8) is 0 Å². The maximum atomic E-state index is 11.4. The second kappa shape index (κ2) is 11.3. The summed E-state index contributed by atoms with van der Waals surface area (Å²) < 4.78 is 17.1. The summed E-state index contributed by atoms with van der Waals surface area (Å²) in [5.41, 5.74) is 11.9. The molecule has 194 valence electrons. The molecule has 1 unspecified atom stereocenters. The Morgan fingerprint density at radius 2 is 1.86 bits per heavy atom. The molecule has 0 aliphatic heterocycles. The van der Waals surface area contributed by atoms with Gasteiger partial charge in [0.15, 0.2) is 13.2 Å². The number of nitrogens with two attached hydrogens (primary N) is 1. The molecule has 2 aromatic heterocycles. The number of pyridine rings is 2. The zero-order valence-electron chi connectivity index (χ0n) is 21.1. The second-order valence-corrected chi connectivity index (χ2v) is 12.1. The van der Waals surface area contributed by atoms with E-state index in [0.717, 1.165) is 51.6 Å². The zero-order valence-corrected chi connectivity index (χ0v) is 22.0. The minimum atomic E-state index is -3.00. The Balaban J connectivity index is 1.47. The van der Waals surface area contributed by atoms with E-state index in [1.54, 1.807) is 0 Å². The maximum Gasteiger partial charge on any atom is 0.303 e. The number of benzene rings is 2. The summed E-state index contributed by atoms with van der Waals surface area (Å²) in [6.45, 7) is 3.83. The van der Waals surface area contributed by atoms with Gasteiger partial charge >= 0.3 is 5.97 Å². The smallest absolute Gasteiger partial charge is 0.303 e. The molecule has 0 amide bonds. The first-order chi connectivity index (χ1) is 17.6. The Hall–Kier alpha value is -3.48. The minimum Gasteiger partial charge on any atom is -0.494 e. The van der Waals surface area contributed by atoms with Gasteiger partial charge < -0.3 is 20.5 Å². The topological polar surface area (TPSA) is 136 Å². The van der Waals surface area contributed by atoms with E-state index in [4.69, 9.17) is 15.6 Å². The number of fused-ring (bicyclic) bond motifs is 3. The number of hydrogen-bond acceptors (Lipinski definition) is 6. The normalized spacial score (nSPS) is 13.1. The zero-order chi connectivity index (χ0) is 26.6. The van der Waals surface area contributed by atoms with Crippen molar-refractivity contribution >= 4 is 41.0 Å². The highest BCUT2D eigenvalue weighted by molar-refractivity contribution is 7.57. The first-order valence-electron chi connectivity index (χ1n) is 12.3. The van der Waals surface area contributed by atoms with Crippen LogP contribution in [0.1, 0.15) is 35.1 Å². The van der Waals surface area contributed by atoms with Crippen molar-refractivity contribution in [2.45, 2.75) is 39.0 Å². The number of carboxylic acid groups (broad SMARTS) is 1. The van der Waals surface area contributed by atoms with Gasteiger partial charge in [-0.15, -0.1) is 0 Å². The van der Waals surface area contributed by atoms with Crippen LogP contribution in [-0.2, 0) is 28.6 Å². The van der Waals surface area contributed by atoms with Crippen LogP contribution in [0.15, 0.2) is 48.7 Å². The number of aryl methyl sites for hydroxylation is 4. The number of nitrogen functional groups attached to an aromatic ring is 1. The number of anilines is 1. The van der Waals surface area contributed by atoms with Crippen LogP contribution < -0.4 is 10.5 Å². The number of rotatable bonds is 11. The monoisotopic (exact) mass is 521 g/mol. The number of hydrogen-bond donors (Lipinski definition) is 3. The Morgan fingerprint density at radius 3 is 2.59 bits per heavy atom. The highest BCUT2D eigenvalue weighted by Gasteiger charge is 2.12. The minimum absolute atomic E-state index is 0.0680. The molecule has 0 radical (unpaired) electrons. The van der Waals surface area contributed by atoms with Crippen LogP contribution in [0, 0.1) is 6.92 Å². The summed E-state index contributed by atoms with van der Waals surface area (Å²) in [7, 11) is -3.00. The molecule has 2 heterocycles. The summed E-state index contributed by atoms with van der Waals surface area (Å²) in [5, 5.41) is 10.8. The van der Waals surface area contributed by atoms with Crippen molar-refractivity contribution in [3.05, 3.63) is 70.9 Å². The van der Waals surface area contributed by atoms with E-state index >= 15 is 0 Å². The largest absolute Gasteiger partial charge is 0.494 e. The van der Waals surface area contributed by atoms with Gasteiger partial charge in [-0.25, -0.2) is 4.98 Å². The van der Waals surface area contributed by atoms with Gasteiger partial charge in [-0.05, 0) is 79.1 Å². The summed E-state index contributed by atoms with van der Waals surface area (Å²) in [5.74, 6) is 0.288. The molecular weight excluding hydrogens is 489 g/mol. The maximum absolute atomic E-state index is 11.4. The molecule has 9 heteroatoms. The predicted octanol–water partition coefficient (Wildman–Crippen LogP) is 5.15. The SMILES string of the molecule is Cc1cc(OCCCP(C)(=O)O)ccc1CCc1cnc2c(N)nc3cc(CCC(=O)O)ccc3c2c1. The summed E-state index contributed by atoms with van der Waals surface area (Å²) in [6, 6.07) is 13.9. The Labute approximate surface area is 216 Å². The number of ether oxygens (including phenoxy) is 1. The lowest BCUT2D eigenvalue weighted by atomic mass is 9.99. The third kappa shape index (κ3) is 7.06. The van der Waals surface area contributed by atoms with Gasteiger partial charge in [-0.2, -0.15) is 0 Å². The van der Waals surface area contributed by atoms with Crippen molar-refractivity contribution in [1.82, 2.24) is 9.97 Å². The van der Waals surface area contributed by atoms with Crippen LogP contribution in [0.2, 0.25) is 0 Å². The van der Waals surface area contributed by atoms with E-state index < -0.39 is 13.3 Å². The molecule has 0 aliphatic carbocycles. The van der Waals surface area contributed by atoms with Crippen LogP contribution >= 0.6 is 7.37 Å². The van der Waals surface area contributed by atoms with Crippen LogP contribution in [0.3, 0.4) is 0 Å². The van der Waals surface area contributed by atoms with Crippen molar-refractivity contribution in [2.24, 2.45) is 0 Å². The highest BCUT2D eigenvalue weighted by atomic mass is 31.2. The Kier molecular flexibility index (Phi) is 8.10. The predicted molar refractivity (Wildman–Crippen MR) is 147 cm³/mol. The van der Waals surface area contributed by atoms with E-state index in [9.17, 15) is 14.3 Å². The van der Waals surface area contributed by atoms with Crippen LogP contribution in [0.25, 0.3) is 21.8 Å². The fourth-order valence-corrected chi connectivity index (χ4v) is 5.12. The third-order valence-corrected chi connectivity index (χ3v) is 7.54. The first kappa shape index (κ1) is 26.6. The van der Waals surface area contributed by atoms with Crippen molar-refractivity contribution in [1.29, 1.82) is 0 Å². The van der Waals surface area contributed by atoms with Crippen LogP contribution in [0.4, 0.5) is 5.82 Å². The van der Waals surface area contributed by atoms with Crippen LogP contribution in [0.5, 0.6) is 5.75 Å². The van der Waals surface area contributed by atoms with Gasteiger partial charge in [0, 0.05) is 36.2 Å². The number of aromatic nitrogens is 2. The third-order valence-electron chi connectivity index (χ3n) is 6.39. The number of carboxylic acids is 1. The van der Waals surface area contributed by atoms with Crippen molar-refractivity contribution < 1.29 is 24.1 Å². The molecule has 2 aromatic carbocycles. The molecule has 4 aromatic rings. The van der Waals surface area contributed by atoms with Crippen LogP contribution in [-0.4, -0.2) is 45.4 Å². The highest BCUT2D eigenvalue weighted by Crippen LogP contribution is 2.35. The van der Waals surface area contributed by atoms with E-state index in [1.807, 2.05) is 36.5 Å². The number of nitrogens with zero attached hydrogens (tertiary/aromatic N) is 2. The molecule has 0 fully saturated rings. The number of aliphatic carboxylic acids is 1. The molecule has 1 atom stereocenters. The average Bonchev–Trinajstić information content (AvgIpc) is 2.84. The molecule has 0 saturated heterocycles. The lowest BCUT2D eigenvalue weighted by molar-refractivity contribution is -0.136. The molecule has 0 saturated carbocycles. The molecule has 37 heavy (non-hydrogen) atoms. The lowest BCUT2D eigenvalue weighted by Crippen LogP contribution is -2.02. The molecule has 0 spiro atoms. The van der Waals surface area contributed by atoms with Gasteiger partial charge in [0.25, 0.3) is 0 Å². The fraction of sp³-hybridized carbons (Fsp3) is 0.321. The summed E-state index contributed by atoms with van der Waals surface area (Å²) in [4.78, 5) is 29.4. The van der Waals surface area contributed by atoms with Gasteiger partial charge in [0.2, 0.25) is 0 Å². The molecule has 0 bridgehead atoms. The van der Waals surface area contributed by atoms with E-state index in [-0.39, 0.29) is 12.6 Å². The molecular formula is C28H32N3O5P. The molecule has 4 rings (SSSR count). The van der Waals surface area contributed by atoms with Gasteiger partial charge in [-0.3, -0.25) is 14.3 Å². The average molecular weight is 522 g/mol. The molecule has 8 nitrogen and oxygen atoms in total. The van der Waals surface area contributed by atoms with Crippen molar-refractivity contribution in [2.75, 3.05) is 25.2 Å². The lowest BCUT2D eigenvalue weighted by Gasteiger charge is -2.12. The number of carbonyl (C=O) groups is 1. The Morgan fingerprint density at radius 1 is 1.05 bits per heavy atom. The first-order valence-corrected chi connectivity index (χ1v) is 14.6. The fourth-order valence-electron chi connectivity index (χ4n) is 4.41. The standard InChI is InChI=1S/C28H32N3O5P/c1-18-14-22(36-12-3-13-37(2,34)35)9-8-21(18)7-4-20-15-24-23-10-5-19(6-11-26(32)33)16-25(23)31-28(29)27(24)30-17-20/h5,8-10,14-17H,3-4,6-7,11-13H2,1-2H3,(H2,29,31)(H,32,33)(H,34,35). The van der Waals surface area contributed by atoms with Gasteiger partial charge in [0.05, 0.1) is 12.1 Å². The van der Waals surface area contributed by atoms with E-state index in [2.05, 4.69) is 29.0 Å². The quantitative estimate of drug-likeness (QED) is 0.140. The molecule has 4 N–H and O–H groups in total. The summed E-state index contributed by atoms with van der Waals surface area (Å²) >= 11 is 0.